The molecule has 1 aliphatic heterocycles. The number of nitrogens with one attached hydrogen (secondary N) is 1. The van der Waals surface area contributed by atoms with Crippen molar-refractivity contribution < 1.29 is 4.79 Å². The van der Waals surface area contributed by atoms with Gasteiger partial charge in [0.15, 0.2) is 0 Å². The van der Waals surface area contributed by atoms with Crippen molar-refractivity contribution in [1.82, 2.24) is 10.2 Å². The molecule has 2 atom stereocenters. The van der Waals surface area contributed by atoms with Crippen LogP contribution in [0.2, 0.25) is 0 Å². The molecule has 0 aromatic carbocycles. The maximum atomic E-state index is 12.6. The van der Waals surface area contributed by atoms with E-state index in [0.717, 1.165) is 13.0 Å². The van der Waals surface area contributed by atoms with Crippen LogP contribution in [0.25, 0.3) is 0 Å². The van der Waals surface area contributed by atoms with Crippen LogP contribution in [-0.2, 0) is 4.79 Å². The minimum absolute atomic E-state index is 0.0251. The molecule has 3 nitrogen and oxygen atoms in total. The lowest BCUT2D eigenvalue weighted by Crippen LogP contribution is -2.57. The lowest BCUT2D eigenvalue weighted by atomic mass is 9.90. The van der Waals surface area contributed by atoms with Gasteiger partial charge in [-0.3, -0.25) is 4.79 Å². The highest BCUT2D eigenvalue weighted by Crippen LogP contribution is 2.21. The molecule has 0 bridgehead atoms. The Bertz CT molecular complexity index is 280. The smallest absolute Gasteiger partial charge is 0.240 e. The number of carbonyl (C=O) groups is 1. The van der Waals surface area contributed by atoms with Gasteiger partial charge >= 0.3 is 0 Å². The minimum atomic E-state index is -0.149. The molecule has 0 aromatic heterocycles. The first-order chi connectivity index (χ1) is 7.88. The quantitative estimate of drug-likeness (QED) is 0.764. The molecule has 0 radical (unpaired) electrons. The highest BCUT2D eigenvalue weighted by atomic mass is 16.2. The monoisotopic (exact) mass is 238 g/mol. The van der Waals surface area contributed by atoms with Crippen molar-refractivity contribution in [2.24, 2.45) is 5.92 Å². The van der Waals surface area contributed by atoms with Crippen LogP contribution in [0.15, 0.2) is 12.7 Å². The van der Waals surface area contributed by atoms with E-state index in [1.54, 1.807) is 6.08 Å². The van der Waals surface area contributed by atoms with E-state index in [1.165, 1.54) is 6.42 Å². The predicted octanol–water partition coefficient (Wildman–Crippen LogP) is 2.19. The second kappa shape index (κ2) is 5.67. The number of hydrogen-bond acceptors (Lipinski definition) is 2. The van der Waals surface area contributed by atoms with Gasteiger partial charge in [0, 0.05) is 12.1 Å². The van der Waals surface area contributed by atoms with Gasteiger partial charge in [0.25, 0.3) is 0 Å². The van der Waals surface area contributed by atoms with Crippen LogP contribution >= 0.6 is 0 Å². The molecule has 1 amide bonds. The molecule has 17 heavy (non-hydrogen) atoms. The fraction of sp³-hybridized carbons (Fsp3) is 0.786. The number of piperidine rings is 1. The third kappa shape index (κ3) is 3.56. The van der Waals surface area contributed by atoms with Crippen LogP contribution in [0.1, 0.15) is 40.5 Å². The summed E-state index contributed by atoms with van der Waals surface area (Å²) in [6, 6.07) is -0.0251. The summed E-state index contributed by atoms with van der Waals surface area (Å²) in [5.41, 5.74) is -0.149. The van der Waals surface area contributed by atoms with Crippen LogP contribution < -0.4 is 5.32 Å². The van der Waals surface area contributed by atoms with Crippen LogP contribution in [0.5, 0.6) is 0 Å². The normalized spacial score (nSPS) is 25.4. The van der Waals surface area contributed by atoms with Crippen LogP contribution in [0, 0.1) is 5.92 Å². The molecule has 0 saturated carbocycles. The molecule has 98 valence electrons. The van der Waals surface area contributed by atoms with Crippen molar-refractivity contribution in [2.75, 3.05) is 13.1 Å². The van der Waals surface area contributed by atoms with E-state index in [9.17, 15) is 4.79 Å². The summed E-state index contributed by atoms with van der Waals surface area (Å²) in [4.78, 5) is 14.5. The van der Waals surface area contributed by atoms with Gasteiger partial charge in [-0.1, -0.05) is 13.0 Å². The summed E-state index contributed by atoms with van der Waals surface area (Å²) in [6.45, 7) is 13.7. The summed E-state index contributed by atoms with van der Waals surface area (Å²) < 4.78 is 0. The van der Waals surface area contributed by atoms with Crippen LogP contribution in [0.3, 0.4) is 0 Å². The number of rotatable bonds is 3. The molecule has 0 aliphatic carbocycles. The summed E-state index contributed by atoms with van der Waals surface area (Å²) in [5, 5.41) is 3.35. The molecule has 2 unspecified atom stereocenters. The molecule has 1 N–H and O–H groups in total. The number of carbonyl (C=O) groups excluding carboxylic acids is 1. The fourth-order valence-corrected chi connectivity index (χ4v) is 2.37. The predicted molar refractivity (Wildman–Crippen MR) is 71.9 cm³/mol. The number of hydrogen-bond donors (Lipinski definition) is 1. The van der Waals surface area contributed by atoms with Crippen molar-refractivity contribution >= 4 is 5.91 Å². The average molecular weight is 238 g/mol. The molecule has 1 rings (SSSR count). The zero-order chi connectivity index (χ0) is 13.1. The Morgan fingerprint density at radius 1 is 1.53 bits per heavy atom. The van der Waals surface area contributed by atoms with Gasteiger partial charge in [-0.25, -0.2) is 0 Å². The Balaban J connectivity index is 2.79. The first-order valence-corrected chi connectivity index (χ1v) is 6.53. The summed E-state index contributed by atoms with van der Waals surface area (Å²) in [6.07, 6.45) is 4.11. The molecule has 0 aromatic rings. The van der Waals surface area contributed by atoms with Gasteiger partial charge in [-0.05, 0) is 46.1 Å². The zero-order valence-electron chi connectivity index (χ0n) is 11.6. The first-order valence-electron chi connectivity index (χ1n) is 6.53. The van der Waals surface area contributed by atoms with Crippen LogP contribution in [-0.4, -0.2) is 35.5 Å². The Hall–Kier alpha value is -0.830. The molecule has 1 fully saturated rings. The maximum absolute atomic E-state index is 12.6. The Morgan fingerprint density at radius 2 is 2.18 bits per heavy atom. The second-order valence-corrected chi connectivity index (χ2v) is 5.96. The molecule has 1 aliphatic rings. The Labute approximate surface area is 105 Å². The van der Waals surface area contributed by atoms with E-state index in [1.807, 2.05) is 4.90 Å². The molecular weight excluding hydrogens is 212 g/mol. The largest absolute Gasteiger partial charge is 0.333 e. The summed E-state index contributed by atoms with van der Waals surface area (Å²) >= 11 is 0. The van der Waals surface area contributed by atoms with E-state index in [0.29, 0.717) is 12.5 Å². The van der Waals surface area contributed by atoms with Crippen molar-refractivity contribution in [1.29, 1.82) is 0 Å². The van der Waals surface area contributed by atoms with E-state index in [-0.39, 0.29) is 17.5 Å². The number of nitrogens with zero attached hydrogens (tertiary/aromatic N) is 1. The van der Waals surface area contributed by atoms with E-state index >= 15 is 0 Å². The topological polar surface area (TPSA) is 32.3 Å². The zero-order valence-corrected chi connectivity index (χ0v) is 11.6. The summed E-state index contributed by atoms with van der Waals surface area (Å²) in [7, 11) is 0. The average Bonchev–Trinajstić information content (AvgIpc) is 2.24. The second-order valence-electron chi connectivity index (χ2n) is 5.96. The van der Waals surface area contributed by atoms with E-state index in [2.05, 4.69) is 39.6 Å². The highest BCUT2D eigenvalue weighted by molar-refractivity contribution is 5.83. The third-order valence-electron chi connectivity index (χ3n) is 3.42. The van der Waals surface area contributed by atoms with Gasteiger partial charge in [-0.2, -0.15) is 0 Å². The Kier molecular flexibility index (Phi) is 4.75. The Morgan fingerprint density at radius 3 is 2.65 bits per heavy atom. The SMILES string of the molecule is C=CCN(C(=O)C1NCCCC1C)C(C)(C)C. The molecule has 1 heterocycles. The van der Waals surface area contributed by atoms with Gasteiger partial charge in [0.05, 0.1) is 6.04 Å². The van der Waals surface area contributed by atoms with Crippen molar-refractivity contribution in [3.8, 4) is 0 Å². The van der Waals surface area contributed by atoms with Gasteiger partial charge in [0.1, 0.15) is 0 Å². The van der Waals surface area contributed by atoms with Crippen molar-refractivity contribution in [3.63, 3.8) is 0 Å². The first kappa shape index (κ1) is 14.2. The molecule has 3 heteroatoms. The molecule has 1 saturated heterocycles. The third-order valence-corrected chi connectivity index (χ3v) is 3.42. The standard InChI is InChI=1S/C14H26N2O/c1-6-10-16(14(3,4)5)13(17)12-11(2)8-7-9-15-12/h6,11-12,15H,1,7-10H2,2-5H3. The fourth-order valence-electron chi connectivity index (χ4n) is 2.37. The van der Waals surface area contributed by atoms with Gasteiger partial charge in [-0.15, -0.1) is 6.58 Å². The van der Waals surface area contributed by atoms with Crippen molar-refractivity contribution in [3.05, 3.63) is 12.7 Å². The lowest BCUT2D eigenvalue weighted by molar-refractivity contribution is -0.139. The van der Waals surface area contributed by atoms with E-state index < -0.39 is 0 Å². The van der Waals surface area contributed by atoms with Crippen molar-refractivity contribution in [2.45, 2.75) is 52.1 Å². The maximum Gasteiger partial charge on any atom is 0.240 e. The lowest BCUT2D eigenvalue weighted by Gasteiger charge is -2.40. The van der Waals surface area contributed by atoms with Gasteiger partial charge in [0.2, 0.25) is 5.91 Å². The highest BCUT2D eigenvalue weighted by Gasteiger charge is 2.34. The minimum Gasteiger partial charge on any atom is -0.333 e. The summed E-state index contributed by atoms with van der Waals surface area (Å²) in [5.74, 6) is 0.635. The van der Waals surface area contributed by atoms with Gasteiger partial charge < -0.3 is 10.2 Å². The molecular formula is C14H26N2O. The van der Waals surface area contributed by atoms with E-state index in [4.69, 9.17) is 0 Å². The van der Waals surface area contributed by atoms with Crippen LogP contribution in [0.4, 0.5) is 0 Å². The molecule has 0 spiro atoms. The number of amides is 1.